The lowest BCUT2D eigenvalue weighted by Crippen LogP contribution is -2.38. The molecule has 6 heteroatoms. The Hall–Kier alpha value is -3.43. The molecule has 6 nitrogen and oxygen atoms in total. The Kier molecular flexibility index (Phi) is 3.15. The first-order valence-electron chi connectivity index (χ1n) is 7.36. The number of hydroxylamine groups is 2. The van der Waals surface area contributed by atoms with E-state index in [1.54, 1.807) is 29.2 Å². The predicted octanol–water partition coefficient (Wildman–Crippen LogP) is 0.879. The third kappa shape index (κ3) is 2.16. The van der Waals surface area contributed by atoms with Gasteiger partial charge < -0.3 is 0 Å². The van der Waals surface area contributed by atoms with E-state index in [-0.39, 0.29) is 12.5 Å². The van der Waals surface area contributed by atoms with E-state index in [2.05, 4.69) is 11.1 Å². The molecule has 2 aliphatic heterocycles. The van der Waals surface area contributed by atoms with Gasteiger partial charge in [-0.15, -0.1) is 0 Å². The Labute approximate surface area is 137 Å². The van der Waals surface area contributed by atoms with E-state index < -0.39 is 0 Å². The maximum absolute atomic E-state index is 12.7. The van der Waals surface area contributed by atoms with Crippen molar-refractivity contribution in [3.63, 3.8) is 0 Å². The normalized spacial score (nSPS) is 15.9. The summed E-state index contributed by atoms with van der Waals surface area (Å²) in [6, 6.07) is 16.3. The second-order valence-electron chi connectivity index (χ2n) is 5.48. The average Bonchev–Trinajstić information content (AvgIpc) is 2.87. The zero-order chi connectivity index (χ0) is 16.7. The third-order valence-electron chi connectivity index (χ3n) is 3.94. The van der Waals surface area contributed by atoms with Crippen LogP contribution in [0.3, 0.4) is 0 Å². The summed E-state index contributed by atoms with van der Waals surface area (Å²) in [5.41, 5.74) is 2.30. The van der Waals surface area contributed by atoms with Crippen LogP contribution in [0.5, 0.6) is 0 Å². The van der Waals surface area contributed by atoms with Gasteiger partial charge in [0.05, 0.1) is 28.9 Å². The fourth-order valence-corrected chi connectivity index (χ4v) is 2.90. The molecule has 0 aliphatic carbocycles. The van der Waals surface area contributed by atoms with Crippen LogP contribution in [0.2, 0.25) is 0 Å². The monoisotopic (exact) mass is 316 g/mol. The van der Waals surface area contributed by atoms with Crippen LogP contribution in [0.4, 0.5) is 5.69 Å². The molecule has 24 heavy (non-hydrogen) atoms. The lowest BCUT2D eigenvalue weighted by molar-refractivity contribution is -0.126. The largest absolute Gasteiger partial charge is 0.288 e. The minimum absolute atomic E-state index is 0.176. The van der Waals surface area contributed by atoms with Gasteiger partial charge in [-0.05, 0) is 30.3 Å². The summed E-state index contributed by atoms with van der Waals surface area (Å²) in [4.78, 5) is 18.7. The van der Waals surface area contributed by atoms with Crippen LogP contribution in [-0.4, -0.2) is 22.7 Å². The number of hydrogen-bond donors (Lipinski definition) is 1. The van der Waals surface area contributed by atoms with Crippen molar-refractivity contribution in [1.82, 2.24) is 5.06 Å². The summed E-state index contributed by atoms with van der Waals surface area (Å²) in [6.07, 6.45) is 1.46. The molecule has 116 valence electrons. The molecule has 2 heterocycles. The van der Waals surface area contributed by atoms with Gasteiger partial charge in [-0.25, -0.2) is 4.99 Å². The molecule has 1 amide bonds. The zero-order valence-electron chi connectivity index (χ0n) is 12.5. The summed E-state index contributed by atoms with van der Waals surface area (Å²) in [7, 11) is 0. The fraction of sp³-hybridized carbons (Fsp3) is 0.0556. The van der Waals surface area contributed by atoms with Gasteiger partial charge >= 0.3 is 0 Å². The Bertz CT molecular complexity index is 1030. The summed E-state index contributed by atoms with van der Waals surface area (Å²) < 4.78 is 0. The second kappa shape index (κ2) is 5.33. The van der Waals surface area contributed by atoms with E-state index >= 15 is 0 Å². The van der Waals surface area contributed by atoms with Crippen LogP contribution >= 0.6 is 0 Å². The second-order valence-corrected chi connectivity index (χ2v) is 5.48. The summed E-state index contributed by atoms with van der Waals surface area (Å²) in [5, 5.41) is 21.3. The van der Waals surface area contributed by atoms with E-state index in [1.807, 2.05) is 24.3 Å². The van der Waals surface area contributed by atoms with Crippen molar-refractivity contribution in [2.45, 2.75) is 0 Å². The Morgan fingerprint density at radius 3 is 2.62 bits per heavy atom. The molecule has 0 saturated carbocycles. The number of amides is 1. The molecule has 2 aliphatic rings. The number of para-hydroxylation sites is 1. The molecule has 0 unspecified atom stereocenters. The van der Waals surface area contributed by atoms with E-state index in [1.165, 1.54) is 6.20 Å². The molecule has 0 saturated heterocycles. The SMILES string of the molecule is N#Cc1ccc(N2C(=O)CN(O)C=C3N=c4ccccc4=C32)cc1. The van der Waals surface area contributed by atoms with Gasteiger partial charge in [0.1, 0.15) is 12.2 Å². The van der Waals surface area contributed by atoms with Crippen molar-refractivity contribution in [3.8, 4) is 6.07 Å². The van der Waals surface area contributed by atoms with Crippen molar-refractivity contribution in [3.05, 3.63) is 76.6 Å². The number of hydrogen-bond acceptors (Lipinski definition) is 5. The molecular formula is C18H12N4O2. The van der Waals surface area contributed by atoms with E-state index in [0.717, 1.165) is 15.6 Å². The topological polar surface area (TPSA) is 79.9 Å². The van der Waals surface area contributed by atoms with Crippen molar-refractivity contribution in [2.24, 2.45) is 4.99 Å². The quantitative estimate of drug-likeness (QED) is 0.847. The van der Waals surface area contributed by atoms with Crippen molar-refractivity contribution in [2.75, 3.05) is 11.4 Å². The highest BCUT2D eigenvalue weighted by molar-refractivity contribution is 6.07. The molecule has 2 aromatic rings. The van der Waals surface area contributed by atoms with E-state index in [0.29, 0.717) is 22.6 Å². The Balaban J connectivity index is 1.98. The third-order valence-corrected chi connectivity index (χ3v) is 3.94. The lowest BCUT2D eigenvalue weighted by Gasteiger charge is -2.23. The smallest absolute Gasteiger partial charge is 0.253 e. The number of anilines is 1. The standard InChI is InChI=1S/C18H12N4O2/c19-9-12-5-7-13(8-6-12)22-17(23)11-21(24)10-16-18(22)14-3-1-2-4-15(14)20-16/h1-8,10,24H,11H2. The maximum atomic E-state index is 12.7. The van der Waals surface area contributed by atoms with Gasteiger partial charge in [-0.3, -0.25) is 20.0 Å². The minimum Gasteiger partial charge on any atom is -0.288 e. The molecule has 0 spiro atoms. The van der Waals surface area contributed by atoms with Gasteiger partial charge in [0.2, 0.25) is 0 Å². The first-order chi connectivity index (χ1) is 11.7. The van der Waals surface area contributed by atoms with Crippen LogP contribution < -0.4 is 15.5 Å². The van der Waals surface area contributed by atoms with Crippen LogP contribution in [0.25, 0.3) is 5.70 Å². The number of nitriles is 1. The number of carbonyl (C=O) groups is 1. The van der Waals surface area contributed by atoms with E-state index in [4.69, 9.17) is 5.26 Å². The fourth-order valence-electron chi connectivity index (χ4n) is 2.90. The van der Waals surface area contributed by atoms with Crippen molar-refractivity contribution < 1.29 is 10.0 Å². The number of carbonyl (C=O) groups excluding carboxylic acids is 1. The highest BCUT2D eigenvalue weighted by atomic mass is 16.5. The molecular weight excluding hydrogens is 304 g/mol. The van der Waals surface area contributed by atoms with Gasteiger partial charge in [-0.2, -0.15) is 5.26 Å². The predicted molar refractivity (Wildman–Crippen MR) is 85.8 cm³/mol. The molecule has 2 aromatic carbocycles. The molecule has 0 aromatic heterocycles. The molecule has 1 N–H and O–H groups in total. The minimum atomic E-state index is -0.282. The number of nitrogens with zero attached hydrogens (tertiary/aromatic N) is 4. The Morgan fingerprint density at radius 1 is 1.12 bits per heavy atom. The molecule has 0 radical (unpaired) electrons. The van der Waals surface area contributed by atoms with Crippen molar-refractivity contribution in [1.29, 1.82) is 5.26 Å². The van der Waals surface area contributed by atoms with Crippen molar-refractivity contribution >= 4 is 17.3 Å². The van der Waals surface area contributed by atoms with Gasteiger partial charge in [-0.1, -0.05) is 18.2 Å². The number of rotatable bonds is 1. The molecule has 0 bridgehead atoms. The first kappa shape index (κ1) is 14.2. The first-order valence-corrected chi connectivity index (χ1v) is 7.36. The van der Waals surface area contributed by atoms with Gasteiger partial charge in [0.15, 0.2) is 0 Å². The Morgan fingerprint density at radius 2 is 1.88 bits per heavy atom. The number of fused-ring (bicyclic) bond motifs is 2. The molecule has 0 fully saturated rings. The summed E-state index contributed by atoms with van der Waals surface area (Å²) in [6.45, 7) is -0.176. The highest BCUT2D eigenvalue weighted by Gasteiger charge is 2.30. The number of benzene rings is 2. The molecule has 0 atom stereocenters. The van der Waals surface area contributed by atoms with Gasteiger partial charge in [0, 0.05) is 10.9 Å². The van der Waals surface area contributed by atoms with Crippen LogP contribution in [0.1, 0.15) is 5.56 Å². The highest BCUT2D eigenvalue weighted by Crippen LogP contribution is 2.29. The average molecular weight is 316 g/mol. The maximum Gasteiger partial charge on any atom is 0.253 e. The van der Waals surface area contributed by atoms with Crippen LogP contribution in [0, 0.1) is 11.3 Å². The van der Waals surface area contributed by atoms with Crippen LogP contribution in [0.15, 0.2) is 65.4 Å². The molecule has 4 rings (SSSR count). The van der Waals surface area contributed by atoms with E-state index in [9.17, 15) is 10.0 Å². The summed E-state index contributed by atoms with van der Waals surface area (Å²) >= 11 is 0. The van der Waals surface area contributed by atoms with Crippen LogP contribution in [-0.2, 0) is 4.79 Å². The zero-order valence-corrected chi connectivity index (χ0v) is 12.5. The lowest BCUT2D eigenvalue weighted by atomic mass is 10.1. The summed E-state index contributed by atoms with van der Waals surface area (Å²) in [5.74, 6) is -0.282. The van der Waals surface area contributed by atoms with Gasteiger partial charge in [0.25, 0.3) is 5.91 Å².